The maximum absolute atomic E-state index is 11.2. The van der Waals surface area contributed by atoms with E-state index >= 15 is 0 Å². The Kier molecular flexibility index (Phi) is 2.86. The van der Waals surface area contributed by atoms with E-state index in [-0.39, 0.29) is 12.0 Å². The molecule has 0 amide bonds. The largest absolute Gasteiger partial charge is 0.481 e. The molecule has 0 spiro atoms. The highest BCUT2D eigenvalue weighted by molar-refractivity contribution is 5.71. The first-order valence-electron chi connectivity index (χ1n) is 6.68. The van der Waals surface area contributed by atoms with E-state index in [1.165, 1.54) is 5.69 Å². The van der Waals surface area contributed by atoms with Gasteiger partial charge in [-0.25, -0.2) is 4.98 Å². The van der Waals surface area contributed by atoms with Crippen LogP contribution in [-0.2, 0) is 17.9 Å². The lowest BCUT2D eigenvalue weighted by Crippen LogP contribution is -2.33. The third kappa shape index (κ3) is 1.73. The van der Waals surface area contributed by atoms with Crippen molar-refractivity contribution in [1.82, 2.24) is 14.5 Å². The number of aryl methyl sites for hydroxylation is 1. The number of nitrogens with zero attached hydrogens (tertiary/aromatic N) is 3. The zero-order chi connectivity index (χ0) is 12.7. The number of hydrogen-bond acceptors (Lipinski definition) is 3. The summed E-state index contributed by atoms with van der Waals surface area (Å²) in [5.41, 5.74) is 1.19. The van der Waals surface area contributed by atoms with Crippen LogP contribution in [0.5, 0.6) is 0 Å². The lowest BCUT2D eigenvalue weighted by molar-refractivity contribution is -0.142. The van der Waals surface area contributed by atoms with Gasteiger partial charge in [0, 0.05) is 31.4 Å². The molecule has 3 heterocycles. The third-order valence-corrected chi connectivity index (χ3v) is 4.48. The van der Waals surface area contributed by atoms with Gasteiger partial charge in [0.1, 0.15) is 0 Å². The van der Waals surface area contributed by atoms with Crippen LogP contribution in [0.15, 0.2) is 12.5 Å². The highest BCUT2D eigenvalue weighted by Crippen LogP contribution is 2.42. The Labute approximate surface area is 106 Å². The number of carbonyl (C=O) groups is 1. The number of aliphatic carboxylic acids is 1. The topological polar surface area (TPSA) is 58.4 Å². The van der Waals surface area contributed by atoms with Crippen LogP contribution in [0.25, 0.3) is 0 Å². The number of rotatable bonds is 4. The Balaban J connectivity index is 1.76. The van der Waals surface area contributed by atoms with Gasteiger partial charge in [-0.15, -0.1) is 0 Å². The van der Waals surface area contributed by atoms with Gasteiger partial charge in [-0.1, -0.05) is 0 Å². The van der Waals surface area contributed by atoms with Crippen molar-refractivity contribution >= 4 is 5.97 Å². The van der Waals surface area contributed by atoms with Crippen LogP contribution in [-0.4, -0.2) is 37.6 Å². The molecule has 0 saturated carbocycles. The fourth-order valence-corrected chi connectivity index (χ4v) is 3.56. The van der Waals surface area contributed by atoms with Crippen molar-refractivity contribution in [3.05, 3.63) is 18.2 Å². The normalized spacial score (nSPS) is 31.1. The summed E-state index contributed by atoms with van der Waals surface area (Å²) in [5.74, 6) is -0.794. The molecule has 5 heteroatoms. The molecule has 3 rings (SSSR count). The smallest absolute Gasteiger partial charge is 0.308 e. The maximum Gasteiger partial charge on any atom is 0.308 e. The second-order valence-electron chi connectivity index (χ2n) is 5.32. The summed E-state index contributed by atoms with van der Waals surface area (Å²) in [5, 5.41) is 9.24. The molecule has 3 unspecified atom stereocenters. The van der Waals surface area contributed by atoms with Gasteiger partial charge in [0.05, 0.1) is 17.9 Å². The van der Waals surface area contributed by atoms with Crippen LogP contribution < -0.4 is 0 Å². The average Bonchev–Trinajstić information content (AvgIpc) is 3.04. The van der Waals surface area contributed by atoms with Crippen LogP contribution in [0.3, 0.4) is 0 Å². The van der Waals surface area contributed by atoms with Crippen molar-refractivity contribution in [3.8, 4) is 0 Å². The minimum Gasteiger partial charge on any atom is -0.481 e. The van der Waals surface area contributed by atoms with E-state index in [0.717, 1.165) is 32.4 Å². The van der Waals surface area contributed by atoms with Gasteiger partial charge in [0.25, 0.3) is 0 Å². The van der Waals surface area contributed by atoms with Crippen LogP contribution in [0.1, 0.15) is 31.9 Å². The molecule has 2 aliphatic rings. The van der Waals surface area contributed by atoms with E-state index in [2.05, 4.69) is 21.4 Å². The van der Waals surface area contributed by atoms with Gasteiger partial charge in [-0.2, -0.15) is 0 Å². The predicted octanol–water partition coefficient (Wildman–Crippen LogP) is 1.34. The summed E-state index contributed by atoms with van der Waals surface area (Å²) in [4.78, 5) is 17.8. The number of aromatic nitrogens is 2. The molecule has 0 radical (unpaired) electrons. The SMILES string of the molecule is CCn1cncc1CN1C2CCC1C(C(=O)O)C2. The third-order valence-electron chi connectivity index (χ3n) is 4.48. The molecular weight excluding hydrogens is 230 g/mol. The van der Waals surface area contributed by atoms with Crippen molar-refractivity contribution < 1.29 is 9.90 Å². The monoisotopic (exact) mass is 249 g/mol. The van der Waals surface area contributed by atoms with E-state index in [4.69, 9.17) is 0 Å². The first-order valence-corrected chi connectivity index (χ1v) is 6.68. The minimum absolute atomic E-state index is 0.165. The number of carboxylic acid groups (broad SMARTS) is 1. The summed E-state index contributed by atoms with van der Waals surface area (Å²) in [6.07, 6.45) is 6.75. The zero-order valence-electron chi connectivity index (χ0n) is 10.6. The molecule has 3 atom stereocenters. The molecule has 1 aromatic heterocycles. The highest BCUT2D eigenvalue weighted by atomic mass is 16.4. The van der Waals surface area contributed by atoms with E-state index < -0.39 is 5.97 Å². The van der Waals surface area contributed by atoms with Crippen LogP contribution in [0.2, 0.25) is 0 Å². The Hall–Kier alpha value is -1.36. The maximum atomic E-state index is 11.2. The van der Waals surface area contributed by atoms with Gasteiger partial charge >= 0.3 is 5.97 Å². The summed E-state index contributed by atoms with van der Waals surface area (Å²) in [6.45, 7) is 3.86. The first kappa shape index (κ1) is 11.7. The van der Waals surface area contributed by atoms with Crippen molar-refractivity contribution in [2.24, 2.45) is 5.92 Å². The predicted molar refractivity (Wildman–Crippen MR) is 66.0 cm³/mol. The quantitative estimate of drug-likeness (QED) is 0.875. The Morgan fingerprint density at radius 3 is 3.06 bits per heavy atom. The van der Waals surface area contributed by atoms with E-state index in [1.54, 1.807) is 0 Å². The number of imidazole rings is 1. The highest BCUT2D eigenvalue weighted by Gasteiger charge is 2.49. The second kappa shape index (κ2) is 4.39. The molecule has 0 aliphatic carbocycles. The van der Waals surface area contributed by atoms with Gasteiger partial charge in [0.2, 0.25) is 0 Å². The Morgan fingerprint density at radius 2 is 2.39 bits per heavy atom. The Bertz CT molecular complexity index is 457. The van der Waals surface area contributed by atoms with Crippen LogP contribution in [0.4, 0.5) is 0 Å². The molecule has 0 aromatic carbocycles. The molecule has 2 saturated heterocycles. The summed E-state index contributed by atoms with van der Waals surface area (Å²) < 4.78 is 2.13. The molecule has 18 heavy (non-hydrogen) atoms. The number of hydrogen-bond donors (Lipinski definition) is 1. The van der Waals surface area contributed by atoms with Gasteiger partial charge < -0.3 is 9.67 Å². The van der Waals surface area contributed by atoms with E-state index in [9.17, 15) is 9.90 Å². The second-order valence-corrected chi connectivity index (χ2v) is 5.32. The molecule has 2 bridgehead atoms. The van der Waals surface area contributed by atoms with Crippen molar-refractivity contribution in [2.75, 3.05) is 0 Å². The van der Waals surface area contributed by atoms with Gasteiger partial charge in [0.15, 0.2) is 0 Å². The molecule has 1 aromatic rings. The molecule has 2 fully saturated rings. The molecule has 98 valence electrons. The summed E-state index contributed by atoms with van der Waals surface area (Å²) >= 11 is 0. The minimum atomic E-state index is -0.629. The van der Waals surface area contributed by atoms with Crippen molar-refractivity contribution in [2.45, 2.75) is 51.4 Å². The lowest BCUT2D eigenvalue weighted by atomic mass is 9.89. The van der Waals surface area contributed by atoms with Gasteiger partial charge in [-0.05, 0) is 26.2 Å². The summed E-state index contributed by atoms with van der Waals surface area (Å²) in [7, 11) is 0. The average molecular weight is 249 g/mol. The fourth-order valence-electron chi connectivity index (χ4n) is 3.56. The molecule has 1 N–H and O–H groups in total. The number of carboxylic acids is 1. The molecule has 5 nitrogen and oxygen atoms in total. The summed E-state index contributed by atoms with van der Waals surface area (Å²) in [6, 6.07) is 0.684. The standard InChI is InChI=1S/C13H19N3O2/c1-2-15-8-14-6-10(15)7-16-9-3-4-12(16)11(5-9)13(17)18/h6,8-9,11-12H,2-5,7H2,1H3,(H,17,18). The molecule has 2 aliphatic heterocycles. The van der Waals surface area contributed by atoms with Crippen molar-refractivity contribution in [1.29, 1.82) is 0 Å². The van der Waals surface area contributed by atoms with E-state index in [1.807, 2.05) is 12.5 Å². The lowest BCUT2D eigenvalue weighted by Gasteiger charge is -2.22. The fraction of sp³-hybridized carbons (Fsp3) is 0.692. The van der Waals surface area contributed by atoms with Crippen molar-refractivity contribution in [3.63, 3.8) is 0 Å². The molecular formula is C13H19N3O2. The number of fused-ring (bicyclic) bond motifs is 2. The van der Waals surface area contributed by atoms with E-state index in [0.29, 0.717) is 6.04 Å². The Morgan fingerprint density at radius 1 is 1.56 bits per heavy atom. The van der Waals surface area contributed by atoms with Crippen LogP contribution in [0, 0.1) is 5.92 Å². The van der Waals surface area contributed by atoms with Crippen LogP contribution >= 0.6 is 0 Å². The first-order chi connectivity index (χ1) is 8.70. The van der Waals surface area contributed by atoms with Gasteiger partial charge in [-0.3, -0.25) is 9.69 Å². The zero-order valence-corrected chi connectivity index (χ0v) is 10.6.